The maximum atomic E-state index is 9.62. The minimum atomic E-state index is 0.204. The van der Waals surface area contributed by atoms with E-state index in [0.717, 1.165) is 23.1 Å². The van der Waals surface area contributed by atoms with Crippen LogP contribution >= 0.6 is 0 Å². The summed E-state index contributed by atoms with van der Waals surface area (Å²) < 4.78 is 5.65. The summed E-state index contributed by atoms with van der Waals surface area (Å²) in [5, 5.41) is 19.1. The van der Waals surface area contributed by atoms with Crippen molar-refractivity contribution in [3.05, 3.63) is 53.1 Å². The molecule has 0 bridgehead atoms. The monoisotopic (exact) mass is 258 g/mol. The lowest BCUT2D eigenvalue weighted by molar-refractivity contribution is 0.304. The number of hydrogen-bond donors (Lipinski definition) is 2. The molecular weight excluding hydrogens is 240 g/mol. The number of hydrogen-bond acceptors (Lipinski definition) is 3. The molecule has 0 atom stereocenters. The van der Waals surface area contributed by atoms with E-state index >= 15 is 0 Å². The molecule has 2 rings (SSSR count). The molecule has 19 heavy (non-hydrogen) atoms. The zero-order chi connectivity index (χ0) is 13.8. The van der Waals surface area contributed by atoms with Crippen LogP contribution in [0.3, 0.4) is 0 Å². The van der Waals surface area contributed by atoms with Crippen molar-refractivity contribution in [2.75, 3.05) is 0 Å². The van der Waals surface area contributed by atoms with Crippen LogP contribution in [-0.4, -0.2) is 10.2 Å². The Morgan fingerprint density at radius 2 is 1.84 bits per heavy atom. The molecule has 0 amide bonds. The third-order valence-electron chi connectivity index (χ3n) is 2.97. The predicted octanol–water partition coefficient (Wildman–Crippen LogP) is 3.55. The molecule has 2 N–H and O–H groups in total. The average molecular weight is 258 g/mol. The summed E-state index contributed by atoms with van der Waals surface area (Å²) in [7, 11) is 0. The third kappa shape index (κ3) is 3.41. The molecule has 0 aliphatic heterocycles. The molecule has 3 heteroatoms. The third-order valence-corrected chi connectivity index (χ3v) is 2.97. The SMILES string of the molecule is CCc1cc(COc2cc(C)cc(O)c2)ccc1O. The van der Waals surface area contributed by atoms with Crippen molar-refractivity contribution in [1.29, 1.82) is 0 Å². The number of rotatable bonds is 4. The zero-order valence-electron chi connectivity index (χ0n) is 11.2. The minimum Gasteiger partial charge on any atom is -0.508 e. The molecule has 0 spiro atoms. The Bertz CT molecular complexity index is 556. The molecule has 0 heterocycles. The van der Waals surface area contributed by atoms with Gasteiger partial charge in [0.25, 0.3) is 0 Å². The van der Waals surface area contributed by atoms with Gasteiger partial charge in [0.05, 0.1) is 0 Å². The van der Waals surface area contributed by atoms with Gasteiger partial charge in [-0.15, -0.1) is 0 Å². The largest absolute Gasteiger partial charge is 0.508 e. The smallest absolute Gasteiger partial charge is 0.123 e. The summed E-state index contributed by atoms with van der Waals surface area (Å²) in [4.78, 5) is 0. The molecule has 0 aliphatic rings. The maximum Gasteiger partial charge on any atom is 0.123 e. The highest BCUT2D eigenvalue weighted by molar-refractivity contribution is 5.38. The van der Waals surface area contributed by atoms with Crippen LogP contribution in [-0.2, 0) is 13.0 Å². The van der Waals surface area contributed by atoms with Crippen molar-refractivity contribution in [2.24, 2.45) is 0 Å². The fourth-order valence-corrected chi connectivity index (χ4v) is 1.99. The molecule has 0 fully saturated rings. The van der Waals surface area contributed by atoms with E-state index in [-0.39, 0.29) is 5.75 Å². The second-order valence-corrected chi connectivity index (χ2v) is 4.61. The predicted molar refractivity (Wildman–Crippen MR) is 74.7 cm³/mol. The van der Waals surface area contributed by atoms with E-state index in [4.69, 9.17) is 4.74 Å². The fraction of sp³-hybridized carbons (Fsp3) is 0.250. The van der Waals surface area contributed by atoms with Gasteiger partial charge in [-0.25, -0.2) is 0 Å². The highest BCUT2D eigenvalue weighted by Gasteiger charge is 2.03. The number of phenols is 2. The van der Waals surface area contributed by atoms with Crippen LogP contribution in [0.2, 0.25) is 0 Å². The summed E-state index contributed by atoms with van der Waals surface area (Å²) in [6, 6.07) is 10.6. The average Bonchev–Trinajstić information content (AvgIpc) is 2.36. The lowest BCUT2D eigenvalue weighted by atomic mass is 10.1. The van der Waals surface area contributed by atoms with Crippen LogP contribution in [0, 0.1) is 6.92 Å². The van der Waals surface area contributed by atoms with Crippen molar-refractivity contribution in [3.8, 4) is 17.2 Å². The Hall–Kier alpha value is -2.16. The van der Waals surface area contributed by atoms with E-state index in [0.29, 0.717) is 18.1 Å². The summed E-state index contributed by atoms with van der Waals surface area (Å²) >= 11 is 0. The molecule has 0 saturated carbocycles. The molecule has 0 unspecified atom stereocenters. The topological polar surface area (TPSA) is 49.7 Å². The van der Waals surface area contributed by atoms with Crippen molar-refractivity contribution in [3.63, 3.8) is 0 Å². The maximum absolute atomic E-state index is 9.62. The first-order valence-electron chi connectivity index (χ1n) is 6.32. The van der Waals surface area contributed by atoms with E-state index in [9.17, 15) is 10.2 Å². The minimum absolute atomic E-state index is 0.204. The Morgan fingerprint density at radius 3 is 2.53 bits per heavy atom. The number of phenolic OH excluding ortho intramolecular Hbond substituents is 2. The molecule has 0 aliphatic carbocycles. The van der Waals surface area contributed by atoms with Crippen molar-refractivity contribution in [2.45, 2.75) is 26.9 Å². The van der Waals surface area contributed by atoms with Gasteiger partial charge >= 0.3 is 0 Å². The van der Waals surface area contributed by atoms with Crippen molar-refractivity contribution in [1.82, 2.24) is 0 Å². The molecule has 0 aromatic heterocycles. The van der Waals surface area contributed by atoms with Gasteiger partial charge in [0.15, 0.2) is 0 Å². The van der Waals surface area contributed by atoms with Crippen LogP contribution in [0.25, 0.3) is 0 Å². The molecule has 0 saturated heterocycles. The molecule has 2 aromatic carbocycles. The van der Waals surface area contributed by atoms with Crippen LogP contribution in [0.5, 0.6) is 17.2 Å². The molecular formula is C16H18O3. The Morgan fingerprint density at radius 1 is 1.05 bits per heavy atom. The number of ether oxygens (including phenoxy) is 1. The van der Waals surface area contributed by atoms with Gasteiger partial charge in [0.1, 0.15) is 23.9 Å². The fourth-order valence-electron chi connectivity index (χ4n) is 1.99. The van der Waals surface area contributed by atoms with Gasteiger partial charge in [-0.1, -0.05) is 13.0 Å². The van der Waals surface area contributed by atoms with Crippen LogP contribution in [0.4, 0.5) is 0 Å². The second-order valence-electron chi connectivity index (χ2n) is 4.61. The lowest BCUT2D eigenvalue weighted by Gasteiger charge is -2.09. The Balaban J connectivity index is 2.10. The summed E-state index contributed by atoms with van der Waals surface area (Å²) in [5.41, 5.74) is 2.86. The quantitative estimate of drug-likeness (QED) is 0.881. The Labute approximate surface area is 113 Å². The van der Waals surface area contributed by atoms with Crippen LogP contribution in [0.1, 0.15) is 23.6 Å². The van der Waals surface area contributed by atoms with E-state index in [1.54, 1.807) is 18.2 Å². The van der Waals surface area contributed by atoms with Gasteiger partial charge in [0.2, 0.25) is 0 Å². The van der Waals surface area contributed by atoms with Crippen LogP contribution < -0.4 is 4.74 Å². The molecule has 3 nitrogen and oxygen atoms in total. The highest BCUT2D eigenvalue weighted by atomic mass is 16.5. The van der Waals surface area contributed by atoms with Gasteiger partial charge in [0, 0.05) is 6.07 Å². The number of aryl methyl sites for hydroxylation is 2. The lowest BCUT2D eigenvalue weighted by Crippen LogP contribution is -1.97. The van der Waals surface area contributed by atoms with Gasteiger partial charge in [-0.05, 0) is 54.3 Å². The van der Waals surface area contributed by atoms with E-state index < -0.39 is 0 Å². The van der Waals surface area contributed by atoms with Crippen LogP contribution in [0.15, 0.2) is 36.4 Å². The normalized spacial score (nSPS) is 10.4. The number of benzene rings is 2. The standard InChI is InChI=1S/C16H18O3/c1-3-13-8-12(4-5-16(13)18)10-19-15-7-11(2)6-14(17)9-15/h4-9,17-18H,3,10H2,1-2H3. The summed E-state index contributed by atoms with van der Waals surface area (Å²) in [6.07, 6.45) is 0.783. The van der Waals surface area contributed by atoms with Gasteiger partial charge in [-0.3, -0.25) is 0 Å². The van der Waals surface area contributed by atoms with E-state index in [1.807, 2.05) is 32.0 Å². The first kappa shape index (κ1) is 13.3. The summed E-state index contributed by atoms with van der Waals surface area (Å²) in [6.45, 7) is 4.32. The van der Waals surface area contributed by atoms with E-state index in [1.165, 1.54) is 0 Å². The van der Waals surface area contributed by atoms with E-state index in [2.05, 4.69) is 0 Å². The second kappa shape index (κ2) is 5.65. The molecule has 0 radical (unpaired) electrons. The molecule has 2 aromatic rings. The first-order chi connectivity index (χ1) is 9.08. The summed E-state index contributed by atoms with van der Waals surface area (Å²) in [5.74, 6) is 1.16. The van der Waals surface area contributed by atoms with Crippen molar-refractivity contribution < 1.29 is 14.9 Å². The zero-order valence-corrected chi connectivity index (χ0v) is 11.2. The number of aromatic hydroxyl groups is 2. The molecule has 100 valence electrons. The van der Waals surface area contributed by atoms with Gasteiger partial charge < -0.3 is 14.9 Å². The highest BCUT2D eigenvalue weighted by Crippen LogP contribution is 2.23. The Kier molecular flexibility index (Phi) is 3.95. The van der Waals surface area contributed by atoms with Crippen molar-refractivity contribution >= 4 is 0 Å². The first-order valence-corrected chi connectivity index (χ1v) is 6.32. The van der Waals surface area contributed by atoms with Gasteiger partial charge in [-0.2, -0.15) is 0 Å².